The van der Waals surface area contributed by atoms with Crippen LogP contribution in [0.2, 0.25) is 0 Å². The van der Waals surface area contributed by atoms with Crippen LogP contribution in [0.1, 0.15) is 22.3 Å². The molecule has 0 aliphatic heterocycles. The summed E-state index contributed by atoms with van der Waals surface area (Å²) in [4.78, 5) is 2.45. The van der Waals surface area contributed by atoms with Crippen molar-refractivity contribution in [3.05, 3.63) is 271 Å². The third-order valence-electron chi connectivity index (χ3n) is 12.3. The Balaban J connectivity index is 1.14. The van der Waals surface area contributed by atoms with E-state index < -0.39 is 5.41 Å². The second-order valence-corrected chi connectivity index (χ2v) is 15.7. The first kappa shape index (κ1) is 35.4. The summed E-state index contributed by atoms with van der Waals surface area (Å²) in [6.45, 7) is 0. The van der Waals surface area contributed by atoms with Crippen LogP contribution in [0.4, 0.5) is 17.1 Å². The maximum atomic E-state index is 2.46. The minimum atomic E-state index is -0.514. The van der Waals surface area contributed by atoms with Crippen molar-refractivity contribution < 1.29 is 0 Å². The highest BCUT2D eigenvalue weighted by atomic mass is 15.1. The molecule has 0 heterocycles. The number of hydrogen-bond donors (Lipinski definition) is 0. The minimum Gasteiger partial charge on any atom is -0.310 e. The van der Waals surface area contributed by atoms with Crippen LogP contribution in [0, 0.1) is 0 Å². The third kappa shape index (κ3) is 5.94. The number of rotatable bonds is 8. The molecule has 60 heavy (non-hydrogen) atoms. The van der Waals surface area contributed by atoms with Crippen molar-refractivity contribution in [1.29, 1.82) is 0 Å². The number of hydrogen-bond acceptors (Lipinski definition) is 1. The van der Waals surface area contributed by atoms with Crippen LogP contribution in [0.25, 0.3) is 55.3 Å². The standard InChI is InChI=1S/C59H41N/c1-4-19-43(20-5-1)53-30-12-13-31-54(53)47-23-17-29-51(40-47)60(50-28-16-22-45(39-50)46-35-34-42-18-10-11-21-44(42)38-46)52-36-37-56-55-32-14-15-33-57(55)59(58(56)41-52,48-24-6-2-7-25-48)49-26-8-3-9-27-49/h1-41H. The Morgan fingerprint density at radius 1 is 0.250 bits per heavy atom. The predicted octanol–water partition coefficient (Wildman–Crippen LogP) is 15.7. The van der Waals surface area contributed by atoms with Gasteiger partial charge in [0.2, 0.25) is 0 Å². The molecule has 0 radical (unpaired) electrons. The number of fused-ring (bicyclic) bond motifs is 4. The number of anilines is 3. The maximum absolute atomic E-state index is 2.46. The molecule has 0 atom stereocenters. The van der Waals surface area contributed by atoms with Crippen molar-refractivity contribution in [3.63, 3.8) is 0 Å². The average molecular weight is 764 g/mol. The quantitative estimate of drug-likeness (QED) is 0.149. The van der Waals surface area contributed by atoms with Crippen LogP contribution < -0.4 is 4.90 Å². The molecule has 0 fully saturated rings. The Labute approximate surface area is 352 Å². The van der Waals surface area contributed by atoms with Crippen molar-refractivity contribution in [2.75, 3.05) is 4.90 Å². The molecule has 10 aromatic carbocycles. The molecule has 1 aliphatic carbocycles. The van der Waals surface area contributed by atoms with Gasteiger partial charge in [0.15, 0.2) is 0 Å². The van der Waals surface area contributed by atoms with E-state index in [2.05, 4.69) is 254 Å². The van der Waals surface area contributed by atoms with E-state index in [-0.39, 0.29) is 0 Å². The van der Waals surface area contributed by atoms with Crippen molar-refractivity contribution in [2.24, 2.45) is 0 Å². The molecule has 282 valence electrons. The fraction of sp³-hybridized carbons (Fsp3) is 0.0169. The van der Waals surface area contributed by atoms with E-state index in [0.29, 0.717) is 0 Å². The summed E-state index contributed by atoms with van der Waals surface area (Å²) in [5.74, 6) is 0. The smallest absolute Gasteiger partial charge is 0.0714 e. The fourth-order valence-electron chi connectivity index (χ4n) is 9.63. The molecule has 1 aliphatic rings. The van der Waals surface area contributed by atoms with Crippen LogP contribution in [0.15, 0.2) is 249 Å². The summed E-state index contributed by atoms with van der Waals surface area (Å²) in [5, 5.41) is 2.48. The topological polar surface area (TPSA) is 3.24 Å². The van der Waals surface area contributed by atoms with Gasteiger partial charge in [0.1, 0.15) is 0 Å². The first-order valence-electron chi connectivity index (χ1n) is 20.8. The van der Waals surface area contributed by atoms with E-state index in [1.54, 1.807) is 0 Å². The Bertz CT molecular complexity index is 3110. The van der Waals surface area contributed by atoms with E-state index in [9.17, 15) is 0 Å². The van der Waals surface area contributed by atoms with Crippen LogP contribution in [0.5, 0.6) is 0 Å². The van der Waals surface area contributed by atoms with Gasteiger partial charge in [0.05, 0.1) is 5.41 Å². The van der Waals surface area contributed by atoms with E-state index in [1.165, 1.54) is 77.5 Å². The second-order valence-electron chi connectivity index (χ2n) is 15.7. The normalized spacial score (nSPS) is 12.5. The first-order valence-corrected chi connectivity index (χ1v) is 20.8. The molecule has 1 heteroatoms. The number of benzene rings is 10. The van der Waals surface area contributed by atoms with Gasteiger partial charge in [-0.25, -0.2) is 0 Å². The van der Waals surface area contributed by atoms with E-state index >= 15 is 0 Å². The molecule has 0 N–H and O–H groups in total. The minimum absolute atomic E-state index is 0.514. The summed E-state index contributed by atoms with van der Waals surface area (Å²) in [6, 6.07) is 91.1. The van der Waals surface area contributed by atoms with Crippen molar-refractivity contribution >= 4 is 27.8 Å². The monoisotopic (exact) mass is 763 g/mol. The number of nitrogens with zero attached hydrogens (tertiary/aromatic N) is 1. The van der Waals surface area contributed by atoms with Crippen LogP contribution in [-0.4, -0.2) is 0 Å². The van der Waals surface area contributed by atoms with Crippen molar-refractivity contribution in [2.45, 2.75) is 5.41 Å². The SMILES string of the molecule is c1ccc(-c2ccccc2-c2cccc(N(c3cccc(-c4ccc5ccccc5c4)c3)c3ccc4c(c3)C(c3ccccc3)(c3ccccc3)c3ccccc3-4)c2)cc1. The molecule has 1 nitrogen and oxygen atoms in total. The lowest BCUT2D eigenvalue weighted by Crippen LogP contribution is -2.28. The Morgan fingerprint density at radius 2 is 0.733 bits per heavy atom. The molecule has 0 saturated carbocycles. The predicted molar refractivity (Wildman–Crippen MR) is 252 cm³/mol. The van der Waals surface area contributed by atoms with E-state index in [0.717, 1.165) is 17.1 Å². The van der Waals surface area contributed by atoms with Gasteiger partial charge in [0.25, 0.3) is 0 Å². The Morgan fingerprint density at radius 3 is 1.43 bits per heavy atom. The van der Waals surface area contributed by atoms with Gasteiger partial charge in [-0.05, 0) is 120 Å². The fourth-order valence-corrected chi connectivity index (χ4v) is 9.63. The molecule has 0 amide bonds. The molecule has 0 unspecified atom stereocenters. The molecular weight excluding hydrogens is 723 g/mol. The summed E-state index contributed by atoms with van der Waals surface area (Å²) >= 11 is 0. The van der Waals surface area contributed by atoms with Gasteiger partial charge in [-0.15, -0.1) is 0 Å². The van der Waals surface area contributed by atoms with Crippen molar-refractivity contribution in [1.82, 2.24) is 0 Å². The zero-order chi connectivity index (χ0) is 39.9. The molecular formula is C59H41N. The third-order valence-corrected chi connectivity index (χ3v) is 12.3. The molecule has 0 saturated heterocycles. The van der Waals surface area contributed by atoms with E-state index in [4.69, 9.17) is 0 Å². The highest BCUT2D eigenvalue weighted by Crippen LogP contribution is 2.57. The Kier molecular flexibility index (Phi) is 8.79. The van der Waals surface area contributed by atoms with Crippen molar-refractivity contribution in [3.8, 4) is 44.5 Å². The summed E-state index contributed by atoms with van der Waals surface area (Å²) < 4.78 is 0. The lowest BCUT2D eigenvalue weighted by atomic mass is 9.67. The lowest BCUT2D eigenvalue weighted by molar-refractivity contribution is 0.768. The highest BCUT2D eigenvalue weighted by molar-refractivity contribution is 5.92. The van der Waals surface area contributed by atoms with Gasteiger partial charge in [-0.3, -0.25) is 0 Å². The molecule has 0 aromatic heterocycles. The zero-order valence-electron chi connectivity index (χ0n) is 33.1. The second kappa shape index (κ2) is 14.9. The molecule has 0 bridgehead atoms. The summed E-state index contributed by atoms with van der Waals surface area (Å²) in [7, 11) is 0. The van der Waals surface area contributed by atoms with Gasteiger partial charge in [0, 0.05) is 17.1 Å². The average Bonchev–Trinajstić information content (AvgIpc) is 3.63. The lowest BCUT2D eigenvalue weighted by Gasteiger charge is -2.35. The van der Waals surface area contributed by atoms with Crippen LogP contribution in [-0.2, 0) is 5.41 Å². The van der Waals surface area contributed by atoms with Crippen LogP contribution in [0.3, 0.4) is 0 Å². The largest absolute Gasteiger partial charge is 0.310 e. The summed E-state index contributed by atoms with van der Waals surface area (Å²) in [5.41, 5.74) is 17.5. The molecule has 11 rings (SSSR count). The summed E-state index contributed by atoms with van der Waals surface area (Å²) in [6.07, 6.45) is 0. The first-order chi connectivity index (χ1) is 29.8. The van der Waals surface area contributed by atoms with Gasteiger partial charge < -0.3 is 4.90 Å². The molecule has 0 spiro atoms. The zero-order valence-corrected chi connectivity index (χ0v) is 33.1. The van der Waals surface area contributed by atoms with Gasteiger partial charge in [-0.1, -0.05) is 206 Å². The van der Waals surface area contributed by atoms with E-state index in [1.807, 2.05) is 0 Å². The molecule has 10 aromatic rings. The van der Waals surface area contributed by atoms with Gasteiger partial charge >= 0.3 is 0 Å². The Hall–Kier alpha value is -7.74. The van der Waals surface area contributed by atoms with Gasteiger partial charge in [-0.2, -0.15) is 0 Å². The highest BCUT2D eigenvalue weighted by Gasteiger charge is 2.46. The van der Waals surface area contributed by atoms with Crippen LogP contribution >= 0.6 is 0 Å². The maximum Gasteiger partial charge on any atom is 0.0714 e.